The second-order valence-electron chi connectivity index (χ2n) is 17.7. The van der Waals surface area contributed by atoms with Crippen LogP contribution in [0, 0.1) is 17.8 Å². The summed E-state index contributed by atoms with van der Waals surface area (Å²) in [7, 11) is 0. The van der Waals surface area contributed by atoms with Crippen molar-refractivity contribution in [1.82, 2.24) is 15.5 Å². The molecule has 3 amide bonds. The van der Waals surface area contributed by atoms with Crippen molar-refractivity contribution in [2.24, 2.45) is 40.7 Å². The Morgan fingerprint density at radius 1 is 0.759 bits per heavy atom. The molecule has 10 N–H and O–H groups in total. The lowest BCUT2D eigenvalue weighted by molar-refractivity contribution is -0.145. The van der Waals surface area contributed by atoms with Crippen LogP contribution >= 0.6 is 0 Å². The number of Topliss-reactive ketones (excluding diaryl/α,β-unsaturated/α-hetero) is 2. The fraction of sp³-hybridized carbons (Fsp3) is 0.674. The Morgan fingerprint density at radius 3 is 2.03 bits per heavy atom. The van der Waals surface area contributed by atoms with Gasteiger partial charge in [-0.3, -0.25) is 24.0 Å². The first-order chi connectivity index (χ1) is 28.0. The molecule has 1 heterocycles. The van der Waals surface area contributed by atoms with E-state index in [1.807, 2.05) is 54.6 Å². The van der Waals surface area contributed by atoms with Crippen LogP contribution in [-0.2, 0) is 30.4 Å². The van der Waals surface area contributed by atoms with E-state index < -0.39 is 47.6 Å². The standard InChI is InChI=1S/C46H71N7O5/c47-26-14-11-22-39(51-43(56)37(49)29-33-18-7-2-8-19-33)45(58)53-27-15-23-40(53)42(55)35(41(54)36(48)28-32-16-5-1-6-17-32)31-46(24-12-4-13-25-46)52-44(57)38(50)30-34-20-9-3-10-21-34/h2,4,7-8,12-13,18-19,24,32,34-40H,1,3,5-6,9-11,14-17,20-23,25-31,47-50H2,(H,51,56)(H,52,57)/t35-,36+,37-,38-,39-,40-,46?/m0/s1. The summed E-state index contributed by atoms with van der Waals surface area (Å²) in [5.74, 6) is -2.30. The molecule has 2 saturated carbocycles. The first-order valence-electron chi connectivity index (χ1n) is 22.4. The molecular weight excluding hydrogens is 731 g/mol. The van der Waals surface area contributed by atoms with Crippen LogP contribution in [0.5, 0.6) is 0 Å². The summed E-state index contributed by atoms with van der Waals surface area (Å²) in [6, 6.07) is 5.20. The van der Waals surface area contributed by atoms with Crippen LogP contribution in [0.2, 0.25) is 0 Å². The van der Waals surface area contributed by atoms with Crippen molar-refractivity contribution in [2.75, 3.05) is 13.1 Å². The van der Waals surface area contributed by atoms with E-state index in [1.165, 1.54) is 12.8 Å². The molecule has 12 heteroatoms. The lowest BCUT2D eigenvalue weighted by Crippen LogP contribution is -2.58. The zero-order valence-electron chi connectivity index (χ0n) is 34.7. The van der Waals surface area contributed by atoms with E-state index in [9.17, 15) is 19.2 Å². The molecule has 320 valence electrons. The Balaban J connectivity index is 1.37. The van der Waals surface area contributed by atoms with Gasteiger partial charge in [-0.2, -0.15) is 0 Å². The van der Waals surface area contributed by atoms with E-state index in [0.29, 0.717) is 82.7 Å². The number of benzene rings is 1. The minimum Gasteiger partial charge on any atom is -0.345 e. The van der Waals surface area contributed by atoms with Crippen LogP contribution in [0.15, 0.2) is 54.6 Å². The predicted octanol–water partition coefficient (Wildman–Crippen LogP) is 4.27. The van der Waals surface area contributed by atoms with Crippen LogP contribution in [0.3, 0.4) is 0 Å². The summed E-state index contributed by atoms with van der Waals surface area (Å²) in [6.07, 6.45) is 22.8. The monoisotopic (exact) mass is 802 g/mol. The summed E-state index contributed by atoms with van der Waals surface area (Å²) < 4.78 is 0. The zero-order chi connectivity index (χ0) is 41.5. The largest absolute Gasteiger partial charge is 0.345 e. The first kappa shape index (κ1) is 45.4. The Kier molecular flexibility index (Phi) is 17.7. The predicted molar refractivity (Wildman–Crippen MR) is 228 cm³/mol. The van der Waals surface area contributed by atoms with Crippen molar-refractivity contribution in [1.29, 1.82) is 0 Å². The molecular formula is C46H71N7O5. The van der Waals surface area contributed by atoms with Crippen LogP contribution in [0.1, 0.15) is 128 Å². The molecule has 1 aromatic carbocycles. The van der Waals surface area contributed by atoms with Gasteiger partial charge in [-0.1, -0.05) is 119 Å². The smallest absolute Gasteiger partial charge is 0.245 e. The minimum absolute atomic E-state index is 0.00922. The van der Waals surface area contributed by atoms with Gasteiger partial charge in [0.2, 0.25) is 17.7 Å². The number of likely N-dealkylation sites (tertiary alicyclic amines) is 1. The molecule has 1 aliphatic heterocycles. The number of nitrogens with two attached hydrogens (primary N) is 4. The quantitative estimate of drug-likeness (QED) is 0.0772. The van der Waals surface area contributed by atoms with Crippen molar-refractivity contribution in [3.05, 3.63) is 60.2 Å². The number of nitrogens with zero attached hydrogens (tertiary/aromatic N) is 1. The van der Waals surface area contributed by atoms with Gasteiger partial charge in [0.05, 0.1) is 35.6 Å². The van der Waals surface area contributed by atoms with Crippen molar-refractivity contribution in [3.8, 4) is 0 Å². The third-order valence-electron chi connectivity index (χ3n) is 13.2. The second kappa shape index (κ2) is 22.6. The number of rotatable bonds is 21. The molecule has 1 saturated heterocycles. The van der Waals surface area contributed by atoms with Gasteiger partial charge in [-0.15, -0.1) is 0 Å². The molecule has 0 aromatic heterocycles. The van der Waals surface area contributed by atoms with E-state index in [0.717, 1.165) is 56.9 Å². The van der Waals surface area contributed by atoms with E-state index in [1.54, 1.807) is 4.90 Å². The Bertz CT molecular complexity index is 1570. The maximum atomic E-state index is 15.0. The molecule has 7 atom stereocenters. The third kappa shape index (κ3) is 12.9. The zero-order valence-corrected chi connectivity index (χ0v) is 34.7. The maximum absolute atomic E-state index is 15.0. The van der Waals surface area contributed by atoms with Crippen LogP contribution in [-0.4, -0.2) is 83.0 Å². The molecule has 3 aliphatic carbocycles. The van der Waals surface area contributed by atoms with E-state index in [4.69, 9.17) is 22.9 Å². The molecule has 0 spiro atoms. The van der Waals surface area contributed by atoms with Crippen molar-refractivity contribution < 1.29 is 24.0 Å². The van der Waals surface area contributed by atoms with Gasteiger partial charge >= 0.3 is 0 Å². The first-order valence-corrected chi connectivity index (χ1v) is 22.4. The summed E-state index contributed by atoms with van der Waals surface area (Å²) >= 11 is 0. The van der Waals surface area contributed by atoms with Gasteiger partial charge in [0.1, 0.15) is 6.04 Å². The normalized spacial score (nSPS) is 24.1. The Labute approximate surface area is 346 Å². The lowest BCUT2D eigenvalue weighted by Gasteiger charge is -2.38. The van der Waals surface area contributed by atoms with Gasteiger partial charge < -0.3 is 38.5 Å². The van der Waals surface area contributed by atoms with Gasteiger partial charge in [0.15, 0.2) is 11.6 Å². The summed E-state index contributed by atoms with van der Waals surface area (Å²) in [4.78, 5) is 73.0. The SMILES string of the molecule is NCCCC[C@H](NC(=O)[C@@H](N)Cc1ccccc1)C(=O)N1CCC[C@H]1C(=O)[C@@H](CC1(NC(=O)[C@@H](N)CC2CCCCC2)C=CC=CC1)C(=O)[C@H](N)CC1CCCCC1. The molecule has 4 aliphatic rings. The highest BCUT2D eigenvalue weighted by molar-refractivity contribution is 6.08. The number of nitrogens with one attached hydrogen (secondary N) is 2. The van der Waals surface area contributed by atoms with E-state index in [-0.39, 0.29) is 29.8 Å². The second-order valence-corrected chi connectivity index (χ2v) is 17.7. The molecule has 58 heavy (non-hydrogen) atoms. The van der Waals surface area contributed by atoms with Crippen molar-refractivity contribution in [3.63, 3.8) is 0 Å². The number of carbonyl (C=O) groups is 5. The average molecular weight is 802 g/mol. The van der Waals surface area contributed by atoms with Crippen LogP contribution < -0.4 is 33.6 Å². The number of unbranched alkanes of at least 4 members (excludes halogenated alkanes) is 1. The molecule has 1 unspecified atom stereocenters. The van der Waals surface area contributed by atoms with Gasteiger partial charge in [0, 0.05) is 6.54 Å². The lowest BCUT2D eigenvalue weighted by atomic mass is 9.74. The number of allylic oxidation sites excluding steroid dienone is 2. The Morgan fingerprint density at radius 2 is 1.41 bits per heavy atom. The summed E-state index contributed by atoms with van der Waals surface area (Å²) in [5, 5.41) is 6.12. The number of hydrogen-bond acceptors (Lipinski definition) is 9. The maximum Gasteiger partial charge on any atom is 0.245 e. The van der Waals surface area contributed by atoms with E-state index in [2.05, 4.69) is 10.6 Å². The molecule has 0 bridgehead atoms. The highest BCUT2D eigenvalue weighted by Crippen LogP contribution is 2.34. The number of amides is 3. The van der Waals surface area contributed by atoms with E-state index >= 15 is 4.79 Å². The number of hydrogen-bond donors (Lipinski definition) is 6. The molecule has 0 radical (unpaired) electrons. The fourth-order valence-corrected chi connectivity index (χ4v) is 9.80. The average Bonchev–Trinajstić information content (AvgIpc) is 3.73. The fourth-order valence-electron chi connectivity index (χ4n) is 9.80. The summed E-state index contributed by atoms with van der Waals surface area (Å²) in [5.41, 5.74) is 25.3. The van der Waals surface area contributed by atoms with Gasteiger partial charge in [-0.25, -0.2) is 0 Å². The number of ketones is 2. The topological polar surface area (TPSA) is 217 Å². The molecule has 5 rings (SSSR count). The molecule has 12 nitrogen and oxygen atoms in total. The van der Waals surface area contributed by atoms with Crippen molar-refractivity contribution in [2.45, 2.75) is 164 Å². The van der Waals surface area contributed by atoms with Gasteiger partial charge in [0.25, 0.3) is 0 Å². The van der Waals surface area contributed by atoms with Gasteiger partial charge in [-0.05, 0) is 88.2 Å². The van der Waals surface area contributed by atoms with Crippen LogP contribution in [0.4, 0.5) is 0 Å². The minimum atomic E-state index is -1.17. The molecule has 3 fully saturated rings. The Hall–Kier alpha value is -3.71. The van der Waals surface area contributed by atoms with Crippen LogP contribution in [0.25, 0.3) is 0 Å². The highest BCUT2D eigenvalue weighted by atomic mass is 16.2. The highest BCUT2D eigenvalue weighted by Gasteiger charge is 2.46. The third-order valence-corrected chi connectivity index (χ3v) is 13.2. The summed E-state index contributed by atoms with van der Waals surface area (Å²) in [6.45, 7) is 0.746. The van der Waals surface area contributed by atoms with Crippen molar-refractivity contribution >= 4 is 29.3 Å². The number of carbonyl (C=O) groups excluding carboxylic acids is 5. The molecule has 1 aromatic rings.